The van der Waals surface area contributed by atoms with E-state index in [0.29, 0.717) is 19.4 Å². The standard InChI is InChI=1S/C47H77NO2.C3H8/c1-3-5-7-9-11-13-15-17-19-21-23-25-27-29-34-38-45(49)47-44(42-43-36-32-31-33-37-43)40-41-48(47)46(50)39-35-30-28-26-24-22-20-18-16-14-12-10-8-6-4-2;1-3-2/h17-20,31-33,36-37,40,47H,3-16,21-30,34-35,38-39,41-42H2,1-2H3;3H2,1-2H3. The van der Waals surface area contributed by atoms with Crippen molar-refractivity contribution in [3.8, 4) is 0 Å². The highest BCUT2D eigenvalue weighted by molar-refractivity contribution is 5.92. The SMILES string of the molecule is CCC.CCCCCCCCC=CCCCCCCCC(=O)C1C(Cc2ccccc2)=CCN1C(=O)CCCCCCCC=CCCCCCCCC. The summed E-state index contributed by atoms with van der Waals surface area (Å²) in [5.41, 5.74) is 2.33. The van der Waals surface area contributed by atoms with Crippen molar-refractivity contribution in [2.24, 2.45) is 0 Å². The largest absolute Gasteiger partial charge is 0.325 e. The van der Waals surface area contributed by atoms with E-state index in [1.165, 1.54) is 153 Å². The molecule has 1 unspecified atom stereocenters. The first-order valence-corrected chi connectivity index (χ1v) is 22.9. The Kier molecular flexibility index (Phi) is 33.5. The summed E-state index contributed by atoms with van der Waals surface area (Å²) in [5.74, 6) is 0.394. The van der Waals surface area contributed by atoms with Crippen LogP contribution in [0.25, 0.3) is 0 Å². The Balaban J connectivity index is 0.00000452. The molecule has 0 radical (unpaired) electrons. The second-order valence-electron chi connectivity index (χ2n) is 15.7. The highest BCUT2D eigenvalue weighted by atomic mass is 16.2. The normalized spacial score (nSPS) is 14.2. The number of rotatable bonds is 33. The zero-order chi connectivity index (χ0) is 38.5. The Bertz CT molecular complexity index is 1070. The van der Waals surface area contributed by atoms with Gasteiger partial charge in [-0.25, -0.2) is 0 Å². The lowest BCUT2D eigenvalue weighted by Gasteiger charge is -2.27. The molecule has 1 amide bonds. The maximum Gasteiger partial charge on any atom is 0.223 e. The summed E-state index contributed by atoms with van der Waals surface area (Å²) in [6, 6.07) is 10.0. The smallest absolute Gasteiger partial charge is 0.223 e. The number of carbonyl (C=O) groups excluding carboxylic acids is 2. The lowest BCUT2D eigenvalue weighted by atomic mass is 9.94. The Morgan fingerprint density at radius 1 is 0.547 bits per heavy atom. The first kappa shape index (κ1) is 48.6. The Morgan fingerprint density at radius 3 is 1.40 bits per heavy atom. The van der Waals surface area contributed by atoms with Crippen LogP contribution in [0, 0.1) is 0 Å². The third kappa shape index (κ3) is 26.9. The van der Waals surface area contributed by atoms with Crippen molar-refractivity contribution < 1.29 is 9.59 Å². The molecular formula is C50H85NO2. The van der Waals surface area contributed by atoms with Crippen molar-refractivity contribution in [2.75, 3.05) is 6.54 Å². The molecule has 1 aromatic carbocycles. The molecule has 0 aliphatic carbocycles. The molecule has 0 bridgehead atoms. The monoisotopic (exact) mass is 732 g/mol. The van der Waals surface area contributed by atoms with Gasteiger partial charge < -0.3 is 4.90 Å². The van der Waals surface area contributed by atoms with Gasteiger partial charge in [0.25, 0.3) is 0 Å². The van der Waals surface area contributed by atoms with E-state index in [4.69, 9.17) is 0 Å². The van der Waals surface area contributed by atoms with Crippen LogP contribution in [-0.2, 0) is 16.0 Å². The zero-order valence-corrected chi connectivity index (χ0v) is 35.5. The molecule has 1 atom stereocenters. The predicted octanol–water partition coefficient (Wildman–Crippen LogP) is 15.4. The molecule has 1 heterocycles. The average Bonchev–Trinajstić information content (AvgIpc) is 3.59. The van der Waals surface area contributed by atoms with E-state index in [-0.39, 0.29) is 17.7 Å². The van der Waals surface area contributed by atoms with Gasteiger partial charge in [-0.1, -0.05) is 198 Å². The topological polar surface area (TPSA) is 37.4 Å². The molecule has 0 spiro atoms. The predicted molar refractivity (Wildman–Crippen MR) is 234 cm³/mol. The molecule has 302 valence electrons. The number of nitrogens with zero attached hydrogens (tertiary/aromatic N) is 1. The van der Waals surface area contributed by atoms with Gasteiger partial charge in [0.2, 0.25) is 5.91 Å². The third-order valence-electron chi connectivity index (χ3n) is 10.4. The molecule has 53 heavy (non-hydrogen) atoms. The van der Waals surface area contributed by atoms with Crippen LogP contribution in [0.3, 0.4) is 0 Å². The molecule has 0 aromatic heterocycles. The van der Waals surface area contributed by atoms with Crippen LogP contribution in [0.2, 0.25) is 0 Å². The molecule has 3 nitrogen and oxygen atoms in total. The molecule has 0 fully saturated rings. The molecule has 2 rings (SSSR count). The van der Waals surface area contributed by atoms with E-state index in [9.17, 15) is 9.59 Å². The van der Waals surface area contributed by atoms with Crippen LogP contribution in [0.4, 0.5) is 0 Å². The summed E-state index contributed by atoms with van der Waals surface area (Å²) < 4.78 is 0. The summed E-state index contributed by atoms with van der Waals surface area (Å²) in [4.78, 5) is 29.0. The number of benzene rings is 1. The molecule has 1 aliphatic heterocycles. The zero-order valence-electron chi connectivity index (χ0n) is 35.5. The maximum atomic E-state index is 13.7. The lowest BCUT2D eigenvalue weighted by Crippen LogP contribution is -2.42. The second kappa shape index (κ2) is 36.6. The Morgan fingerprint density at radius 2 is 0.943 bits per heavy atom. The van der Waals surface area contributed by atoms with Crippen molar-refractivity contribution in [1.29, 1.82) is 0 Å². The van der Waals surface area contributed by atoms with Crippen LogP contribution < -0.4 is 0 Å². The minimum absolute atomic E-state index is 0.157. The van der Waals surface area contributed by atoms with E-state index in [1.807, 2.05) is 11.0 Å². The minimum atomic E-state index is -0.373. The van der Waals surface area contributed by atoms with Crippen LogP contribution in [-0.4, -0.2) is 29.2 Å². The molecule has 3 heteroatoms. The minimum Gasteiger partial charge on any atom is -0.325 e. The summed E-state index contributed by atoms with van der Waals surface area (Å²) in [7, 11) is 0. The van der Waals surface area contributed by atoms with E-state index in [2.05, 4.69) is 82.3 Å². The van der Waals surface area contributed by atoms with E-state index >= 15 is 0 Å². The molecule has 0 saturated heterocycles. The highest BCUT2D eigenvalue weighted by Gasteiger charge is 2.35. The number of Topliss-reactive ketones (excluding diaryl/α,β-unsaturated/α-hetero) is 1. The van der Waals surface area contributed by atoms with Crippen molar-refractivity contribution in [2.45, 2.75) is 226 Å². The fourth-order valence-corrected chi connectivity index (χ4v) is 7.26. The maximum absolute atomic E-state index is 13.7. The molecule has 1 aromatic rings. The molecule has 1 aliphatic rings. The van der Waals surface area contributed by atoms with Crippen molar-refractivity contribution in [3.05, 3.63) is 71.8 Å². The molecule has 0 saturated carbocycles. The van der Waals surface area contributed by atoms with Gasteiger partial charge in [0.15, 0.2) is 5.78 Å². The summed E-state index contributed by atoms with van der Waals surface area (Å²) >= 11 is 0. The van der Waals surface area contributed by atoms with Crippen LogP contribution in [0.15, 0.2) is 66.3 Å². The second-order valence-corrected chi connectivity index (χ2v) is 15.7. The number of hydrogen-bond acceptors (Lipinski definition) is 2. The first-order chi connectivity index (χ1) is 26.1. The van der Waals surface area contributed by atoms with Crippen molar-refractivity contribution >= 4 is 11.7 Å². The van der Waals surface area contributed by atoms with Crippen LogP contribution in [0.1, 0.15) is 219 Å². The third-order valence-corrected chi connectivity index (χ3v) is 10.4. The number of unbranched alkanes of at least 4 members (excludes halogenated alkanes) is 22. The van der Waals surface area contributed by atoms with Crippen molar-refractivity contribution in [1.82, 2.24) is 4.90 Å². The Labute approximate surface area is 330 Å². The number of allylic oxidation sites excluding steroid dienone is 4. The van der Waals surface area contributed by atoms with Crippen LogP contribution in [0.5, 0.6) is 0 Å². The number of ketones is 1. The molecular weight excluding hydrogens is 647 g/mol. The fraction of sp³-hybridized carbons (Fsp3) is 0.720. The van der Waals surface area contributed by atoms with E-state index < -0.39 is 0 Å². The Hall–Kier alpha value is -2.42. The van der Waals surface area contributed by atoms with Gasteiger partial charge >= 0.3 is 0 Å². The van der Waals surface area contributed by atoms with Crippen LogP contribution >= 0.6 is 0 Å². The highest BCUT2D eigenvalue weighted by Crippen LogP contribution is 2.26. The van der Waals surface area contributed by atoms with Gasteiger partial charge in [0.05, 0.1) is 0 Å². The average molecular weight is 732 g/mol. The van der Waals surface area contributed by atoms with Gasteiger partial charge in [-0.3, -0.25) is 9.59 Å². The van der Waals surface area contributed by atoms with Gasteiger partial charge in [-0.05, 0) is 81.8 Å². The van der Waals surface area contributed by atoms with Gasteiger partial charge in [0.1, 0.15) is 6.04 Å². The van der Waals surface area contributed by atoms with Gasteiger partial charge in [-0.15, -0.1) is 0 Å². The number of carbonyl (C=O) groups is 2. The summed E-state index contributed by atoms with van der Waals surface area (Å²) in [6.45, 7) is 9.38. The van der Waals surface area contributed by atoms with Gasteiger partial charge in [-0.2, -0.15) is 0 Å². The van der Waals surface area contributed by atoms with E-state index in [1.54, 1.807) is 0 Å². The number of hydrogen-bond donors (Lipinski definition) is 0. The summed E-state index contributed by atoms with van der Waals surface area (Å²) in [6.07, 6.45) is 47.4. The first-order valence-electron chi connectivity index (χ1n) is 22.9. The number of amides is 1. The quantitative estimate of drug-likeness (QED) is 0.0533. The molecule has 0 N–H and O–H groups in total. The lowest BCUT2D eigenvalue weighted by molar-refractivity contribution is -0.137. The van der Waals surface area contributed by atoms with E-state index in [0.717, 1.165) is 37.7 Å². The summed E-state index contributed by atoms with van der Waals surface area (Å²) in [5, 5.41) is 0. The van der Waals surface area contributed by atoms with Crippen molar-refractivity contribution in [3.63, 3.8) is 0 Å². The fourth-order valence-electron chi connectivity index (χ4n) is 7.26. The van der Waals surface area contributed by atoms with Gasteiger partial charge in [0, 0.05) is 19.4 Å².